The first-order valence-corrected chi connectivity index (χ1v) is 5.16. The molecule has 1 aromatic rings. The zero-order valence-corrected chi connectivity index (χ0v) is 8.86. The Bertz CT molecular complexity index is 339. The van der Waals surface area contributed by atoms with Crippen LogP contribution in [-0.2, 0) is 6.42 Å². The van der Waals surface area contributed by atoms with Gasteiger partial charge < -0.3 is 0 Å². The number of halogens is 2. The zero-order valence-electron chi connectivity index (χ0n) is 7.35. The Morgan fingerprint density at radius 3 is 2.85 bits per heavy atom. The molecule has 1 heterocycles. The van der Waals surface area contributed by atoms with Crippen LogP contribution in [0.4, 0.5) is 0 Å². The summed E-state index contributed by atoms with van der Waals surface area (Å²) < 4.78 is 0. The fourth-order valence-electron chi connectivity index (χ4n) is 1.86. The van der Waals surface area contributed by atoms with Gasteiger partial charge in [-0.25, -0.2) is 9.97 Å². The van der Waals surface area contributed by atoms with Crippen LogP contribution in [0.15, 0.2) is 0 Å². The minimum atomic E-state index is 0.262. The molecular formula is C9H10Cl2N2. The van der Waals surface area contributed by atoms with Crippen LogP contribution >= 0.6 is 23.2 Å². The Morgan fingerprint density at radius 1 is 1.31 bits per heavy atom. The molecule has 2 rings (SSSR count). The van der Waals surface area contributed by atoms with Crippen LogP contribution in [0.5, 0.6) is 0 Å². The fourth-order valence-corrected chi connectivity index (χ4v) is 2.46. The van der Waals surface area contributed by atoms with Crippen LogP contribution in [0.1, 0.15) is 36.9 Å². The Hall–Kier alpha value is -0.340. The van der Waals surface area contributed by atoms with Crippen LogP contribution in [-0.4, -0.2) is 9.97 Å². The molecule has 0 aliphatic heterocycles. The number of nitrogens with zero attached hydrogens (tertiary/aromatic N) is 2. The minimum absolute atomic E-state index is 0.262. The molecule has 4 heteroatoms. The second-order valence-electron chi connectivity index (χ2n) is 3.44. The molecule has 0 radical (unpaired) electrons. The molecule has 0 amide bonds. The third-order valence-electron chi connectivity index (χ3n) is 2.49. The van der Waals surface area contributed by atoms with Crippen molar-refractivity contribution in [2.45, 2.75) is 32.1 Å². The standard InChI is InChI=1S/C9H10Cl2N2/c1-5-3-2-4-6-7(5)8(10)13-9(11)12-6/h5H,2-4H2,1H3. The average Bonchev–Trinajstić information content (AvgIpc) is 2.02. The minimum Gasteiger partial charge on any atom is -0.223 e. The lowest BCUT2D eigenvalue weighted by Gasteiger charge is -2.21. The van der Waals surface area contributed by atoms with E-state index in [1.807, 2.05) is 0 Å². The highest BCUT2D eigenvalue weighted by atomic mass is 35.5. The van der Waals surface area contributed by atoms with Gasteiger partial charge in [0.2, 0.25) is 5.28 Å². The first-order chi connectivity index (χ1) is 6.18. The Kier molecular flexibility index (Phi) is 2.43. The molecule has 13 heavy (non-hydrogen) atoms. The van der Waals surface area contributed by atoms with Gasteiger partial charge in [0.05, 0.1) is 5.69 Å². The maximum absolute atomic E-state index is 6.01. The summed E-state index contributed by atoms with van der Waals surface area (Å²) in [5.41, 5.74) is 2.13. The molecule has 2 nitrogen and oxygen atoms in total. The van der Waals surface area contributed by atoms with E-state index in [9.17, 15) is 0 Å². The molecule has 0 bridgehead atoms. The monoisotopic (exact) mass is 216 g/mol. The molecular weight excluding hydrogens is 207 g/mol. The van der Waals surface area contributed by atoms with Gasteiger partial charge in [-0.15, -0.1) is 0 Å². The SMILES string of the molecule is CC1CCCc2nc(Cl)nc(Cl)c21. The first-order valence-electron chi connectivity index (χ1n) is 4.40. The maximum Gasteiger partial charge on any atom is 0.224 e. The van der Waals surface area contributed by atoms with Gasteiger partial charge in [-0.3, -0.25) is 0 Å². The van der Waals surface area contributed by atoms with E-state index >= 15 is 0 Å². The number of aryl methyl sites for hydroxylation is 1. The first kappa shape index (κ1) is 9.22. The van der Waals surface area contributed by atoms with Crippen molar-refractivity contribution in [2.75, 3.05) is 0 Å². The number of rotatable bonds is 0. The molecule has 1 atom stereocenters. The smallest absolute Gasteiger partial charge is 0.223 e. The van der Waals surface area contributed by atoms with Crippen LogP contribution in [0, 0.1) is 0 Å². The quantitative estimate of drug-likeness (QED) is 0.492. The molecule has 0 spiro atoms. The van der Waals surface area contributed by atoms with E-state index in [2.05, 4.69) is 16.9 Å². The maximum atomic E-state index is 6.01. The van der Waals surface area contributed by atoms with Gasteiger partial charge in [0.15, 0.2) is 0 Å². The van der Waals surface area contributed by atoms with E-state index < -0.39 is 0 Å². The third-order valence-corrected chi connectivity index (χ3v) is 2.95. The Morgan fingerprint density at radius 2 is 2.08 bits per heavy atom. The van der Waals surface area contributed by atoms with Crippen molar-refractivity contribution in [3.8, 4) is 0 Å². The van der Waals surface area contributed by atoms with Crippen LogP contribution < -0.4 is 0 Å². The summed E-state index contributed by atoms with van der Waals surface area (Å²) in [5.74, 6) is 0.466. The lowest BCUT2D eigenvalue weighted by Crippen LogP contribution is -2.11. The molecule has 1 aliphatic rings. The summed E-state index contributed by atoms with van der Waals surface area (Å²) in [6, 6.07) is 0. The molecule has 1 aromatic heterocycles. The van der Waals surface area contributed by atoms with Crippen molar-refractivity contribution >= 4 is 23.2 Å². The van der Waals surface area contributed by atoms with E-state index in [1.54, 1.807) is 0 Å². The van der Waals surface area contributed by atoms with E-state index in [-0.39, 0.29) is 5.28 Å². The number of hydrogen-bond donors (Lipinski definition) is 0. The van der Waals surface area contributed by atoms with Crippen LogP contribution in [0.25, 0.3) is 0 Å². The van der Waals surface area contributed by atoms with E-state index in [0.29, 0.717) is 11.1 Å². The highest BCUT2D eigenvalue weighted by Gasteiger charge is 2.21. The zero-order chi connectivity index (χ0) is 9.42. The number of fused-ring (bicyclic) bond motifs is 1. The van der Waals surface area contributed by atoms with Gasteiger partial charge in [0, 0.05) is 5.56 Å². The fraction of sp³-hybridized carbons (Fsp3) is 0.556. The van der Waals surface area contributed by atoms with Gasteiger partial charge in [-0.2, -0.15) is 0 Å². The van der Waals surface area contributed by atoms with Crippen molar-refractivity contribution in [1.82, 2.24) is 9.97 Å². The van der Waals surface area contributed by atoms with E-state index in [1.165, 1.54) is 0 Å². The number of hydrogen-bond acceptors (Lipinski definition) is 2. The summed E-state index contributed by atoms with van der Waals surface area (Å²) >= 11 is 11.7. The summed E-state index contributed by atoms with van der Waals surface area (Å²) in [6.07, 6.45) is 3.30. The average molecular weight is 217 g/mol. The molecule has 1 aliphatic carbocycles. The van der Waals surface area contributed by atoms with Crippen molar-refractivity contribution in [3.63, 3.8) is 0 Å². The molecule has 0 N–H and O–H groups in total. The van der Waals surface area contributed by atoms with Gasteiger partial charge in [-0.05, 0) is 36.8 Å². The predicted molar refractivity (Wildman–Crippen MR) is 53.4 cm³/mol. The molecule has 70 valence electrons. The highest BCUT2D eigenvalue weighted by Crippen LogP contribution is 2.34. The summed E-state index contributed by atoms with van der Waals surface area (Å²) in [5, 5.41) is 0.792. The normalized spacial score (nSPS) is 21.3. The third kappa shape index (κ3) is 1.65. The summed E-state index contributed by atoms with van der Waals surface area (Å²) in [4.78, 5) is 8.15. The van der Waals surface area contributed by atoms with Gasteiger partial charge in [0.1, 0.15) is 5.15 Å². The lowest BCUT2D eigenvalue weighted by molar-refractivity contribution is 0.575. The molecule has 0 fully saturated rings. The topological polar surface area (TPSA) is 25.8 Å². The van der Waals surface area contributed by atoms with Gasteiger partial charge in [-0.1, -0.05) is 18.5 Å². The largest absolute Gasteiger partial charge is 0.224 e. The van der Waals surface area contributed by atoms with Crippen molar-refractivity contribution < 1.29 is 0 Å². The Balaban J connectivity index is 2.56. The van der Waals surface area contributed by atoms with Crippen molar-refractivity contribution in [3.05, 3.63) is 21.7 Å². The lowest BCUT2D eigenvalue weighted by atomic mass is 9.88. The van der Waals surface area contributed by atoms with Crippen LogP contribution in [0.2, 0.25) is 10.4 Å². The molecule has 0 saturated heterocycles. The molecule has 0 saturated carbocycles. The second-order valence-corrected chi connectivity index (χ2v) is 4.13. The van der Waals surface area contributed by atoms with E-state index in [4.69, 9.17) is 23.2 Å². The molecule has 0 aromatic carbocycles. The second kappa shape index (κ2) is 3.43. The van der Waals surface area contributed by atoms with Crippen molar-refractivity contribution in [2.24, 2.45) is 0 Å². The molecule has 1 unspecified atom stereocenters. The van der Waals surface area contributed by atoms with E-state index in [0.717, 1.165) is 30.5 Å². The predicted octanol–water partition coefficient (Wildman–Crippen LogP) is 3.22. The van der Waals surface area contributed by atoms with Gasteiger partial charge >= 0.3 is 0 Å². The van der Waals surface area contributed by atoms with Crippen molar-refractivity contribution in [1.29, 1.82) is 0 Å². The Labute approximate surface area is 87.3 Å². The van der Waals surface area contributed by atoms with Crippen LogP contribution in [0.3, 0.4) is 0 Å². The van der Waals surface area contributed by atoms with Gasteiger partial charge in [0.25, 0.3) is 0 Å². The highest BCUT2D eigenvalue weighted by molar-refractivity contribution is 6.32. The number of aromatic nitrogens is 2. The summed E-state index contributed by atoms with van der Waals surface area (Å²) in [6.45, 7) is 2.15. The summed E-state index contributed by atoms with van der Waals surface area (Å²) in [7, 11) is 0.